The fourth-order valence-electron chi connectivity index (χ4n) is 3.76. The second kappa shape index (κ2) is 9.34. The number of rotatable bonds is 10. The monoisotopic (exact) mass is 351 g/mol. The Labute approximate surface area is 150 Å². The number of hydrogen-bond donors (Lipinski definition) is 2. The van der Waals surface area contributed by atoms with E-state index in [2.05, 4.69) is 23.4 Å². The van der Waals surface area contributed by atoms with Gasteiger partial charge in [0.05, 0.1) is 18.6 Å². The van der Waals surface area contributed by atoms with Crippen LogP contribution >= 0.6 is 0 Å². The highest BCUT2D eigenvalue weighted by Gasteiger charge is 2.30. The molecule has 1 aliphatic rings. The van der Waals surface area contributed by atoms with Crippen molar-refractivity contribution in [3.8, 4) is 0 Å². The fraction of sp³-hybridized carbons (Fsp3) is 0.789. The van der Waals surface area contributed by atoms with Crippen molar-refractivity contribution in [2.45, 2.75) is 71.4 Å². The van der Waals surface area contributed by atoms with Crippen LogP contribution in [0.3, 0.4) is 0 Å². The molecule has 0 amide bonds. The first kappa shape index (κ1) is 19.9. The molecular formula is C19H33N3O3. The van der Waals surface area contributed by atoms with Gasteiger partial charge < -0.3 is 20.1 Å². The maximum atomic E-state index is 11.2. The van der Waals surface area contributed by atoms with Crippen molar-refractivity contribution in [2.24, 2.45) is 17.1 Å². The van der Waals surface area contributed by atoms with E-state index < -0.39 is 12.1 Å². The van der Waals surface area contributed by atoms with Crippen LogP contribution in [0.15, 0.2) is 12.5 Å². The lowest BCUT2D eigenvalue weighted by atomic mass is 9.69. The summed E-state index contributed by atoms with van der Waals surface area (Å²) in [6.07, 6.45) is 11.0. The summed E-state index contributed by atoms with van der Waals surface area (Å²) in [4.78, 5) is 15.6. The molecular weight excluding hydrogens is 318 g/mol. The highest BCUT2D eigenvalue weighted by molar-refractivity contribution is 5.72. The number of carbonyl (C=O) groups is 1. The van der Waals surface area contributed by atoms with E-state index in [0.29, 0.717) is 12.0 Å². The third-order valence-electron chi connectivity index (χ3n) is 5.52. The molecule has 1 heterocycles. The van der Waals surface area contributed by atoms with Gasteiger partial charge in [-0.05, 0) is 30.6 Å². The zero-order valence-corrected chi connectivity index (χ0v) is 15.6. The van der Waals surface area contributed by atoms with Gasteiger partial charge in [-0.25, -0.2) is 9.78 Å². The summed E-state index contributed by atoms with van der Waals surface area (Å²) < 4.78 is 7.36. The van der Waals surface area contributed by atoms with Gasteiger partial charge in [-0.2, -0.15) is 0 Å². The summed E-state index contributed by atoms with van der Waals surface area (Å²) in [5, 5.41) is 9.22. The molecule has 2 rings (SSSR count). The van der Waals surface area contributed by atoms with Crippen molar-refractivity contribution >= 4 is 5.97 Å². The fourth-order valence-corrected chi connectivity index (χ4v) is 3.76. The van der Waals surface area contributed by atoms with E-state index in [1.807, 2.05) is 6.20 Å². The zero-order chi connectivity index (χ0) is 18.3. The number of aryl methyl sites for hydroxylation is 1. The van der Waals surface area contributed by atoms with E-state index in [-0.39, 0.29) is 13.0 Å². The Hall–Kier alpha value is -1.40. The lowest BCUT2D eigenvalue weighted by Crippen LogP contribution is -2.28. The van der Waals surface area contributed by atoms with E-state index in [1.165, 1.54) is 32.1 Å². The van der Waals surface area contributed by atoms with Crippen LogP contribution in [0.4, 0.5) is 0 Å². The first-order chi connectivity index (χ1) is 11.9. The van der Waals surface area contributed by atoms with E-state index in [0.717, 1.165) is 24.6 Å². The summed E-state index contributed by atoms with van der Waals surface area (Å²) >= 11 is 0. The second-order valence-electron chi connectivity index (χ2n) is 7.87. The summed E-state index contributed by atoms with van der Waals surface area (Å²) in [5.41, 5.74) is 6.46. The van der Waals surface area contributed by atoms with Crippen LogP contribution in [0.25, 0.3) is 0 Å². The largest absolute Gasteiger partial charge is 0.479 e. The predicted octanol–water partition coefficient (Wildman–Crippen LogP) is 2.85. The summed E-state index contributed by atoms with van der Waals surface area (Å²) in [6.45, 7) is 6.23. The van der Waals surface area contributed by atoms with Crippen LogP contribution < -0.4 is 5.73 Å². The van der Waals surface area contributed by atoms with Crippen LogP contribution in [0.2, 0.25) is 0 Å². The highest BCUT2D eigenvalue weighted by Crippen LogP contribution is 2.40. The molecule has 1 aliphatic carbocycles. The molecule has 1 aromatic heterocycles. The molecule has 3 N–H and O–H groups in total. The van der Waals surface area contributed by atoms with Gasteiger partial charge in [0, 0.05) is 25.7 Å². The Bertz CT molecular complexity index is 536. The van der Waals surface area contributed by atoms with Gasteiger partial charge in [-0.3, -0.25) is 0 Å². The molecule has 0 radical (unpaired) electrons. The molecule has 0 aromatic carbocycles. The first-order valence-electron chi connectivity index (χ1n) is 9.47. The average molecular weight is 351 g/mol. The first-order valence-corrected chi connectivity index (χ1v) is 9.47. The van der Waals surface area contributed by atoms with E-state index in [9.17, 15) is 9.90 Å². The third-order valence-corrected chi connectivity index (χ3v) is 5.52. The van der Waals surface area contributed by atoms with Crippen molar-refractivity contribution in [2.75, 3.05) is 13.2 Å². The number of nitrogens with two attached hydrogens (primary N) is 1. The number of nitrogens with zero attached hydrogens (tertiary/aromatic N) is 2. The molecule has 1 saturated carbocycles. The second-order valence-corrected chi connectivity index (χ2v) is 7.87. The summed E-state index contributed by atoms with van der Waals surface area (Å²) in [5.74, 6) is -0.160. The molecule has 1 aromatic rings. The number of imidazole rings is 1. The Morgan fingerprint density at radius 3 is 2.80 bits per heavy atom. The number of hydrogen-bond acceptors (Lipinski definition) is 4. The molecule has 6 heteroatoms. The highest BCUT2D eigenvalue weighted by atomic mass is 16.5. The van der Waals surface area contributed by atoms with Crippen LogP contribution in [0.5, 0.6) is 0 Å². The van der Waals surface area contributed by atoms with E-state index in [1.54, 1.807) is 6.33 Å². The van der Waals surface area contributed by atoms with Crippen molar-refractivity contribution in [3.63, 3.8) is 0 Å². The van der Waals surface area contributed by atoms with Crippen molar-refractivity contribution in [3.05, 3.63) is 18.2 Å². The molecule has 0 spiro atoms. The van der Waals surface area contributed by atoms with Crippen molar-refractivity contribution in [1.29, 1.82) is 0 Å². The number of carboxylic acid groups (broad SMARTS) is 1. The van der Waals surface area contributed by atoms with Crippen LogP contribution in [-0.2, 0) is 22.5 Å². The van der Waals surface area contributed by atoms with Gasteiger partial charge in [0.15, 0.2) is 6.10 Å². The molecule has 0 aliphatic heterocycles. The van der Waals surface area contributed by atoms with E-state index in [4.69, 9.17) is 10.5 Å². The Kier molecular flexibility index (Phi) is 7.44. The molecule has 0 bridgehead atoms. The van der Waals surface area contributed by atoms with Gasteiger partial charge in [-0.1, -0.05) is 33.1 Å². The number of aromatic nitrogens is 2. The van der Waals surface area contributed by atoms with Crippen LogP contribution in [0.1, 0.15) is 58.1 Å². The number of carboxylic acids is 1. The SMILES string of the molecule is CC(C)(CCn1cnc(CC(OCCN)C(=O)O)c1)C1CCCCC1. The average Bonchev–Trinajstić information content (AvgIpc) is 3.05. The minimum Gasteiger partial charge on any atom is -0.479 e. The van der Waals surface area contributed by atoms with Gasteiger partial charge in [0.2, 0.25) is 0 Å². The van der Waals surface area contributed by atoms with Gasteiger partial charge in [0.1, 0.15) is 0 Å². The molecule has 25 heavy (non-hydrogen) atoms. The van der Waals surface area contributed by atoms with Crippen molar-refractivity contribution in [1.82, 2.24) is 9.55 Å². The normalized spacial score (nSPS) is 17.6. The smallest absolute Gasteiger partial charge is 0.333 e. The third kappa shape index (κ3) is 6.12. The zero-order valence-electron chi connectivity index (χ0n) is 15.6. The summed E-state index contributed by atoms with van der Waals surface area (Å²) in [7, 11) is 0. The predicted molar refractivity (Wildman–Crippen MR) is 97.3 cm³/mol. The Morgan fingerprint density at radius 1 is 1.44 bits per heavy atom. The Balaban J connectivity index is 1.86. The number of aliphatic carboxylic acids is 1. The van der Waals surface area contributed by atoms with Crippen LogP contribution in [0, 0.1) is 11.3 Å². The standard InChI is InChI=1S/C19H33N3O3/c1-19(2,15-6-4-3-5-7-15)8-10-22-13-16(21-14-22)12-17(18(23)24)25-11-9-20/h13-15,17H,3-12,20H2,1-2H3,(H,23,24). The molecule has 142 valence electrons. The minimum atomic E-state index is -0.971. The molecule has 6 nitrogen and oxygen atoms in total. The van der Waals surface area contributed by atoms with E-state index >= 15 is 0 Å². The molecule has 1 atom stereocenters. The minimum absolute atomic E-state index is 0.243. The van der Waals surface area contributed by atoms with Crippen molar-refractivity contribution < 1.29 is 14.6 Å². The lowest BCUT2D eigenvalue weighted by molar-refractivity contribution is -0.150. The van der Waals surface area contributed by atoms with Gasteiger partial charge >= 0.3 is 5.97 Å². The summed E-state index contributed by atoms with van der Waals surface area (Å²) in [6, 6.07) is 0. The quantitative estimate of drug-likeness (QED) is 0.676. The molecule has 1 fully saturated rings. The van der Waals surface area contributed by atoms with Gasteiger partial charge in [-0.15, -0.1) is 0 Å². The van der Waals surface area contributed by atoms with Gasteiger partial charge in [0.25, 0.3) is 0 Å². The topological polar surface area (TPSA) is 90.4 Å². The molecule has 1 unspecified atom stereocenters. The Morgan fingerprint density at radius 2 is 2.16 bits per heavy atom. The lowest BCUT2D eigenvalue weighted by Gasteiger charge is -2.37. The number of ether oxygens (including phenoxy) is 1. The maximum absolute atomic E-state index is 11.2. The maximum Gasteiger partial charge on any atom is 0.333 e. The molecule has 0 saturated heterocycles. The van der Waals surface area contributed by atoms with Crippen LogP contribution in [-0.4, -0.2) is 39.9 Å².